The number of esters is 1. The zero-order valence-electron chi connectivity index (χ0n) is 28.6. The Morgan fingerprint density at radius 1 is 0.918 bits per heavy atom. The first-order valence-electron chi connectivity index (χ1n) is 16.2. The molecule has 11 nitrogen and oxygen atoms in total. The first-order valence-corrected chi connectivity index (χ1v) is 16.2. The summed E-state index contributed by atoms with van der Waals surface area (Å²) in [5.74, 6) is 1.89. The van der Waals surface area contributed by atoms with Gasteiger partial charge in [-0.25, -0.2) is 9.78 Å². The Balaban J connectivity index is 1.60. The molecule has 0 amide bonds. The van der Waals surface area contributed by atoms with Crippen molar-refractivity contribution >= 4 is 28.6 Å². The zero-order chi connectivity index (χ0) is 34.9. The van der Waals surface area contributed by atoms with Crippen LogP contribution in [0.1, 0.15) is 52.4 Å². The van der Waals surface area contributed by atoms with Gasteiger partial charge in [0.25, 0.3) is 5.56 Å². The zero-order valence-corrected chi connectivity index (χ0v) is 28.6. The van der Waals surface area contributed by atoms with Crippen LogP contribution in [0.25, 0.3) is 10.9 Å². The summed E-state index contributed by atoms with van der Waals surface area (Å²) in [6, 6.07) is 22.5. The number of pyridine rings is 1. The Hall–Kier alpha value is -5.42. The molecule has 11 heteroatoms. The number of hydrogen-bond acceptors (Lipinski definition) is 10. The van der Waals surface area contributed by atoms with E-state index in [4.69, 9.17) is 24.2 Å². The summed E-state index contributed by atoms with van der Waals surface area (Å²) in [5.41, 5.74) is 4.44. The minimum atomic E-state index is -0.417. The average molecular weight is 666 g/mol. The van der Waals surface area contributed by atoms with Crippen LogP contribution in [0.4, 0.5) is 11.8 Å². The van der Waals surface area contributed by atoms with Gasteiger partial charge in [0.05, 0.1) is 51.6 Å². The molecule has 0 saturated heterocycles. The Morgan fingerprint density at radius 3 is 2.08 bits per heavy atom. The van der Waals surface area contributed by atoms with Gasteiger partial charge in [-0.2, -0.15) is 4.98 Å². The number of hydrogen-bond donors (Lipinski definition) is 2. The maximum atomic E-state index is 14.2. The van der Waals surface area contributed by atoms with Crippen LogP contribution in [0.5, 0.6) is 11.5 Å². The summed E-state index contributed by atoms with van der Waals surface area (Å²) in [4.78, 5) is 38.2. The number of nitrogens with zero attached hydrogens (tertiary/aromatic N) is 4. The Bertz CT molecular complexity index is 1890. The molecule has 1 atom stereocenters. The van der Waals surface area contributed by atoms with Gasteiger partial charge < -0.3 is 34.1 Å². The second kappa shape index (κ2) is 16.1. The molecule has 0 fully saturated rings. The number of carbonyl (C=O) groups is 1. The van der Waals surface area contributed by atoms with Crippen LogP contribution in [-0.2, 0) is 24.4 Å². The predicted octanol–water partition coefficient (Wildman–Crippen LogP) is 5.73. The summed E-state index contributed by atoms with van der Waals surface area (Å²) in [5, 5.41) is 13.9. The third-order valence-corrected chi connectivity index (χ3v) is 8.46. The number of rotatable bonds is 15. The number of nitrogens with one attached hydrogen (secondary N) is 1. The second-order valence-electron chi connectivity index (χ2n) is 11.9. The molecular weight excluding hydrogens is 622 g/mol. The highest BCUT2D eigenvalue weighted by Gasteiger charge is 2.21. The summed E-state index contributed by atoms with van der Waals surface area (Å²) < 4.78 is 17.2. The van der Waals surface area contributed by atoms with E-state index >= 15 is 0 Å². The van der Waals surface area contributed by atoms with Crippen molar-refractivity contribution in [1.29, 1.82) is 0 Å². The molecule has 5 aromatic rings. The van der Waals surface area contributed by atoms with E-state index < -0.39 is 5.97 Å². The molecule has 49 heavy (non-hydrogen) atoms. The highest BCUT2D eigenvalue weighted by atomic mass is 16.5. The van der Waals surface area contributed by atoms with Gasteiger partial charge in [-0.3, -0.25) is 4.79 Å². The predicted molar refractivity (Wildman–Crippen MR) is 191 cm³/mol. The molecule has 2 heterocycles. The van der Waals surface area contributed by atoms with Crippen molar-refractivity contribution in [2.45, 2.75) is 52.4 Å². The van der Waals surface area contributed by atoms with Crippen molar-refractivity contribution in [3.8, 4) is 11.5 Å². The van der Waals surface area contributed by atoms with E-state index in [-0.39, 0.29) is 24.8 Å². The van der Waals surface area contributed by atoms with Crippen molar-refractivity contribution in [2.24, 2.45) is 0 Å². The van der Waals surface area contributed by atoms with Gasteiger partial charge in [0.2, 0.25) is 5.95 Å². The number of aryl methyl sites for hydroxylation is 1. The largest absolute Gasteiger partial charge is 0.497 e. The summed E-state index contributed by atoms with van der Waals surface area (Å²) in [7, 11) is 4.62. The van der Waals surface area contributed by atoms with E-state index in [1.54, 1.807) is 37.1 Å². The van der Waals surface area contributed by atoms with Gasteiger partial charge in [0.1, 0.15) is 22.7 Å². The first-order chi connectivity index (χ1) is 23.8. The van der Waals surface area contributed by atoms with Crippen LogP contribution >= 0.6 is 0 Å². The van der Waals surface area contributed by atoms with Crippen molar-refractivity contribution in [3.05, 3.63) is 117 Å². The molecule has 0 aliphatic heterocycles. The molecular formula is C38H43N5O6. The lowest BCUT2D eigenvalue weighted by Gasteiger charge is -2.25. The number of aromatic nitrogens is 3. The molecule has 0 aliphatic rings. The molecule has 2 N–H and O–H groups in total. The molecule has 0 saturated carbocycles. The highest BCUT2D eigenvalue weighted by molar-refractivity contribution is 5.90. The van der Waals surface area contributed by atoms with Crippen molar-refractivity contribution in [3.63, 3.8) is 0 Å². The van der Waals surface area contributed by atoms with Crippen molar-refractivity contribution in [1.82, 2.24) is 14.5 Å². The fraction of sp³-hybridized carbons (Fsp3) is 0.316. The average Bonchev–Trinajstić information content (AvgIpc) is 3.13. The fourth-order valence-corrected chi connectivity index (χ4v) is 5.69. The van der Waals surface area contributed by atoms with Gasteiger partial charge in [-0.1, -0.05) is 43.7 Å². The summed E-state index contributed by atoms with van der Waals surface area (Å²) in [6.07, 6.45) is 3.25. The number of aliphatic hydroxyl groups is 1. The molecule has 2 aromatic heterocycles. The quantitative estimate of drug-likeness (QED) is 0.134. The molecule has 3 aromatic carbocycles. The van der Waals surface area contributed by atoms with Crippen molar-refractivity contribution < 1.29 is 24.1 Å². The van der Waals surface area contributed by atoms with Crippen LogP contribution < -0.4 is 25.2 Å². The Morgan fingerprint density at radius 2 is 1.55 bits per heavy atom. The SMILES string of the molecule is CCC[C@@H](CO)Nc1nc(N(Cc2ccc(OC)cc2)Cc2ccc(OC)cc2)nc2ccn(Cc3ccc(C(=O)OC)cc3C)c(=O)c12. The van der Waals surface area contributed by atoms with Gasteiger partial charge in [0.15, 0.2) is 0 Å². The number of fused-ring (bicyclic) bond motifs is 1. The molecule has 0 radical (unpaired) electrons. The van der Waals surface area contributed by atoms with E-state index in [1.165, 1.54) is 7.11 Å². The monoisotopic (exact) mass is 665 g/mol. The first kappa shape index (κ1) is 34.9. The molecule has 0 aliphatic carbocycles. The highest BCUT2D eigenvalue weighted by Crippen LogP contribution is 2.26. The molecule has 5 rings (SSSR count). The smallest absolute Gasteiger partial charge is 0.337 e. The third-order valence-electron chi connectivity index (χ3n) is 8.46. The Kier molecular flexibility index (Phi) is 11.5. The second-order valence-corrected chi connectivity index (χ2v) is 11.9. The van der Waals surface area contributed by atoms with Crippen LogP contribution in [0.15, 0.2) is 83.8 Å². The van der Waals surface area contributed by atoms with Crippen LogP contribution in [-0.4, -0.2) is 59.6 Å². The number of benzene rings is 3. The third kappa shape index (κ3) is 8.36. The molecule has 0 bridgehead atoms. The topological polar surface area (TPSA) is 128 Å². The summed E-state index contributed by atoms with van der Waals surface area (Å²) in [6.45, 7) is 5.06. The number of ether oxygens (including phenoxy) is 3. The van der Waals surface area contributed by atoms with E-state index in [0.717, 1.165) is 40.2 Å². The van der Waals surface area contributed by atoms with E-state index in [0.29, 0.717) is 47.7 Å². The lowest BCUT2D eigenvalue weighted by atomic mass is 10.0. The Labute approximate surface area is 286 Å². The van der Waals surface area contributed by atoms with E-state index in [2.05, 4.69) is 10.2 Å². The van der Waals surface area contributed by atoms with E-state index in [9.17, 15) is 14.7 Å². The van der Waals surface area contributed by atoms with Gasteiger partial charge in [0, 0.05) is 19.3 Å². The van der Waals surface area contributed by atoms with Crippen LogP contribution in [0.3, 0.4) is 0 Å². The fourth-order valence-electron chi connectivity index (χ4n) is 5.69. The molecule has 0 unspecified atom stereocenters. The number of methoxy groups -OCH3 is 3. The van der Waals surface area contributed by atoms with Crippen molar-refractivity contribution in [2.75, 3.05) is 38.2 Å². The van der Waals surface area contributed by atoms with E-state index in [1.807, 2.05) is 74.5 Å². The van der Waals surface area contributed by atoms with Gasteiger partial charge >= 0.3 is 5.97 Å². The lowest BCUT2D eigenvalue weighted by Crippen LogP contribution is -2.29. The standard InChI is InChI=1S/C38H43N5O6/c1-6-7-30(24-44)39-35-34-33(18-19-42(36(34)45)23-29-13-12-28(20-25(29)2)37(46)49-5)40-38(41-35)43(21-26-8-14-31(47-3)15-9-26)22-27-10-16-32(48-4)17-11-27/h8-20,30,44H,6-7,21-24H2,1-5H3,(H,39,40,41)/t30-/m0/s1. The number of anilines is 2. The normalized spacial score (nSPS) is 11.6. The minimum absolute atomic E-state index is 0.122. The lowest BCUT2D eigenvalue weighted by molar-refractivity contribution is 0.0600. The number of carbonyl (C=O) groups excluding carboxylic acids is 1. The maximum Gasteiger partial charge on any atom is 0.337 e. The van der Waals surface area contributed by atoms with Gasteiger partial charge in [-0.15, -0.1) is 0 Å². The van der Waals surface area contributed by atoms with Gasteiger partial charge in [-0.05, 0) is 78.1 Å². The maximum absolute atomic E-state index is 14.2. The van der Waals surface area contributed by atoms with Crippen LogP contribution in [0.2, 0.25) is 0 Å². The minimum Gasteiger partial charge on any atom is -0.497 e. The molecule has 256 valence electrons. The molecule has 0 spiro atoms. The number of aliphatic hydroxyl groups excluding tert-OH is 1. The van der Waals surface area contributed by atoms with Crippen LogP contribution in [0, 0.1) is 6.92 Å². The summed E-state index contributed by atoms with van der Waals surface area (Å²) >= 11 is 0.